The van der Waals surface area contributed by atoms with E-state index in [0.29, 0.717) is 23.7 Å². The summed E-state index contributed by atoms with van der Waals surface area (Å²) in [5.41, 5.74) is 3.49. The first-order valence-electron chi connectivity index (χ1n) is 12.8. The van der Waals surface area contributed by atoms with Gasteiger partial charge in [0, 0.05) is 43.1 Å². The lowest BCUT2D eigenvalue weighted by atomic mass is 9.91. The van der Waals surface area contributed by atoms with E-state index in [1.807, 2.05) is 6.07 Å². The molecule has 190 valence electrons. The van der Waals surface area contributed by atoms with E-state index >= 15 is 0 Å². The van der Waals surface area contributed by atoms with E-state index in [1.165, 1.54) is 6.08 Å². The van der Waals surface area contributed by atoms with Gasteiger partial charge in [0.25, 0.3) is 0 Å². The maximum atomic E-state index is 12.2. The fourth-order valence-electron chi connectivity index (χ4n) is 5.18. The van der Waals surface area contributed by atoms with Crippen LogP contribution in [0.15, 0.2) is 49.2 Å². The van der Waals surface area contributed by atoms with Crippen LogP contribution in [0.25, 0.3) is 0 Å². The van der Waals surface area contributed by atoms with Crippen LogP contribution in [-0.2, 0) is 4.79 Å². The summed E-state index contributed by atoms with van der Waals surface area (Å²) in [6, 6.07) is 13.4. The number of anilines is 4. The predicted octanol–water partition coefficient (Wildman–Crippen LogP) is 4.44. The van der Waals surface area contributed by atoms with Crippen LogP contribution in [0.5, 0.6) is 0 Å². The third-order valence-electron chi connectivity index (χ3n) is 7.32. The first-order valence-corrected chi connectivity index (χ1v) is 12.8. The summed E-state index contributed by atoms with van der Waals surface area (Å²) in [5, 5.41) is 19.1. The highest BCUT2D eigenvalue weighted by Gasteiger charge is 2.24. The summed E-state index contributed by atoms with van der Waals surface area (Å²) < 4.78 is 0. The molecule has 1 aromatic heterocycles. The minimum absolute atomic E-state index is 0.195. The third-order valence-corrected chi connectivity index (χ3v) is 7.32. The number of nitrogens with one attached hydrogen (secondary N) is 3. The number of aromatic nitrogens is 1. The molecule has 2 heterocycles. The van der Waals surface area contributed by atoms with Crippen molar-refractivity contribution < 1.29 is 4.79 Å². The number of benzene rings is 1. The second-order valence-electron chi connectivity index (χ2n) is 9.99. The Balaban J connectivity index is 1.36. The molecule has 1 aliphatic heterocycles. The van der Waals surface area contributed by atoms with Crippen LogP contribution >= 0.6 is 0 Å². The minimum Gasteiger partial charge on any atom is -0.382 e. The first kappa shape index (κ1) is 25.5. The van der Waals surface area contributed by atoms with Crippen molar-refractivity contribution in [1.29, 1.82) is 5.26 Å². The van der Waals surface area contributed by atoms with E-state index in [-0.39, 0.29) is 5.91 Å². The average Bonchev–Trinajstić information content (AvgIpc) is 2.90. The molecule has 1 aromatic carbocycles. The lowest BCUT2D eigenvalue weighted by Crippen LogP contribution is -2.42. The zero-order valence-electron chi connectivity index (χ0n) is 21.3. The van der Waals surface area contributed by atoms with Gasteiger partial charge in [-0.15, -0.1) is 0 Å². The number of carbonyl (C=O) groups excluding carboxylic acids is 1. The van der Waals surface area contributed by atoms with Crippen LogP contribution in [0.1, 0.15) is 44.1 Å². The zero-order chi connectivity index (χ0) is 25.5. The lowest BCUT2D eigenvalue weighted by Gasteiger charge is -2.37. The SMILES string of the molecule is C=CC(=O)Nc1cc(NC2CCC(Nc3ccc(C#N)cn3)CC2)ccc1N1CCC(N(C)C)CC1. The van der Waals surface area contributed by atoms with Crippen molar-refractivity contribution >= 4 is 28.8 Å². The van der Waals surface area contributed by atoms with Crippen molar-refractivity contribution in [2.75, 3.05) is 48.0 Å². The van der Waals surface area contributed by atoms with Crippen LogP contribution in [0, 0.1) is 11.3 Å². The summed E-state index contributed by atoms with van der Waals surface area (Å²) in [7, 11) is 4.29. The molecular weight excluding hydrogens is 450 g/mol. The van der Waals surface area contributed by atoms with Gasteiger partial charge in [-0.25, -0.2) is 4.98 Å². The van der Waals surface area contributed by atoms with E-state index in [1.54, 1.807) is 12.3 Å². The van der Waals surface area contributed by atoms with Crippen molar-refractivity contribution in [3.05, 3.63) is 54.7 Å². The molecule has 4 rings (SSSR count). The molecule has 2 aliphatic rings. The van der Waals surface area contributed by atoms with E-state index in [2.05, 4.69) is 75.7 Å². The van der Waals surface area contributed by atoms with Crippen LogP contribution in [-0.4, -0.2) is 61.1 Å². The Bertz CT molecular complexity index is 1080. The van der Waals surface area contributed by atoms with Gasteiger partial charge < -0.3 is 25.8 Å². The Morgan fingerprint density at radius 2 is 1.78 bits per heavy atom. The van der Waals surface area contributed by atoms with Crippen LogP contribution in [0.2, 0.25) is 0 Å². The topological polar surface area (TPSA) is 96.3 Å². The number of hydrogen-bond acceptors (Lipinski definition) is 7. The minimum atomic E-state index is -0.195. The number of amides is 1. The molecule has 36 heavy (non-hydrogen) atoms. The van der Waals surface area contributed by atoms with Crippen molar-refractivity contribution in [2.45, 2.75) is 56.7 Å². The monoisotopic (exact) mass is 487 g/mol. The van der Waals surface area contributed by atoms with Crippen molar-refractivity contribution in [1.82, 2.24) is 9.88 Å². The quantitative estimate of drug-likeness (QED) is 0.474. The molecule has 2 fully saturated rings. The maximum absolute atomic E-state index is 12.2. The fourth-order valence-corrected chi connectivity index (χ4v) is 5.18. The van der Waals surface area contributed by atoms with E-state index in [0.717, 1.165) is 74.5 Å². The molecule has 0 radical (unpaired) electrons. The van der Waals surface area contributed by atoms with E-state index in [4.69, 9.17) is 5.26 Å². The maximum Gasteiger partial charge on any atom is 0.247 e. The number of pyridine rings is 1. The standard InChI is InChI=1S/C28H37N7O/c1-4-28(36)33-25-17-23(10-11-26(25)35-15-13-24(14-16-35)34(2)3)31-21-6-8-22(9-7-21)32-27-12-5-20(18-29)19-30-27/h4-5,10-12,17,19,21-22,24,31H,1,6-9,13-16H2,2-3H3,(H,30,32)(H,33,36). The molecule has 8 heteroatoms. The number of nitriles is 1. The summed E-state index contributed by atoms with van der Waals surface area (Å²) in [5.74, 6) is 0.623. The predicted molar refractivity (Wildman–Crippen MR) is 146 cm³/mol. The molecule has 1 saturated carbocycles. The summed E-state index contributed by atoms with van der Waals surface area (Å²) in [6.45, 7) is 5.56. The van der Waals surface area contributed by atoms with Gasteiger partial charge >= 0.3 is 0 Å². The molecule has 8 nitrogen and oxygen atoms in total. The molecule has 1 amide bonds. The number of carbonyl (C=O) groups is 1. The number of nitrogens with zero attached hydrogens (tertiary/aromatic N) is 4. The van der Waals surface area contributed by atoms with Gasteiger partial charge in [-0.3, -0.25) is 4.79 Å². The van der Waals surface area contributed by atoms with Crippen molar-refractivity contribution in [3.8, 4) is 6.07 Å². The second kappa shape index (κ2) is 11.9. The molecular formula is C28H37N7O. The Hall–Kier alpha value is -3.57. The molecule has 1 saturated heterocycles. The van der Waals surface area contributed by atoms with Gasteiger partial charge in [-0.2, -0.15) is 5.26 Å². The summed E-state index contributed by atoms with van der Waals surface area (Å²) >= 11 is 0. The molecule has 1 aliphatic carbocycles. The normalized spacial score (nSPS) is 20.4. The number of hydrogen-bond donors (Lipinski definition) is 3. The average molecular weight is 488 g/mol. The van der Waals surface area contributed by atoms with Crippen LogP contribution < -0.4 is 20.9 Å². The van der Waals surface area contributed by atoms with Gasteiger partial charge in [-0.1, -0.05) is 6.58 Å². The van der Waals surface area contributed by atoms with Gasteiger partial charge in [-0.05, 0) is 89.0 Å². The second-order valence-corrected chi connectivity index (χ2v) is 9.99. The number of rotatable bonds is 8. The lowest BCUT2D eigenvalue weighted by molar-refractivity contribution is -0.111. The third kappa shape index (κ3) is 6.55. The van der Waals surface area contributed by atoms with Gasteiger partial charge in [0.05, 0.1) is 16.9 Å². The van der Waals surface area contributed by atoms with Crippen molar-refractivity contribution in [3.63, 3.8) is 0 Å². The fraction of sp³-hybridized carbons (Fsp3) is 0.464. The van der Waals surface area contributed by atoms with Crippen LogP contribution in [0.4, 0.5) is 22.9 Å². The molecule has 0 unspecified atom stereocenters. The highest BCUT2D eigenvalue weighted by atomic mass is 16.1. The van der Waals surface area contributed by atoms with E-state index < -0.39 is 0 Å². The molecule has 0 atom stereocenters. The molecule has 3 N–H and O–H groups in total. The smallest absolute Gasteiger partial charge is 0.247 e. The Kier molecular flexibility index (Phi) is 8.44. The molecule has 0 spiro atoms. The van der Waals surface area contributed by atoms with E-state index in [9.17, 15) is 4.79 Å². The Morgan fingerprint density at radius 3 is 2.36 bits per heavy atom. The summed E-state index contributed by atoms with van der Waals surface area (Å²) in [4.78, 5) is 21.2. The van der Waals surface area contributed by atoms with Gasteiger partial charge in [0.2, 0.25) is 5.91 Å². The number of piperidine rings is 1. The van der Waals surface area contributed by atoms with Crippen LogP contribution in [0.3, 0.4) is 0 Å². The van der Waals surface area contributed by atoms with Gasteiger partial charge in [0.1, 0.15) is 11.9 Å². The molecule has 2 aromatic rings. The molecule has 0 bridgehead atoms. The first-order chi connectivity index (χ1) is 17.4. The van der Waals surface area contributed by atoms with Crippen molar-refractivity contribution in [2.24, 2.45) is 0 Å². The Morgan fingerprint density at radius 1 is 1.08 bits per heavy atom. The largest absolute Gasteiger partial charge is 0.382 e. The van der Waals surface area contributed by atoms with Gasteiger partial charge in [0.15, 0.2) is 0 Å². The zero-order valence-corrected chi connectivity index (χ0v) is 21.3. The highest BCUT2D eigenvalue weighted by Crippen LogP contribution is 2.33. The Labute approximate surface area is 214 Å². The highest BCUT2D eigenvalue weighted by molar-refractivity contribution is 6.01. The summed E-state index contributed by atoms with van der Waals surface area (Å²) in [6.07, 6.45) is 9.31.